The summed E-state index contributed by atoms with van der Waals surface area (Å²) in [5, 5.41) is 0. The van der Waals surface area contributed by atoms with E-state index in [-0.39, 0.29) is 5.54 Å². The average molecular weight is 227 g/mol. The van der Waals surface area contributed by atoms with Gasteiger partial charge in [-0.25, -0.2) is 0 Å². The van der Waals surface area contributed by atoms with Crippen molar-refractivity contribution in [2.24, 2.45) is 11.8 Å². The highest BCUT2D eigenvalue weighted by Gasteiger charge is 2.41. The number of hydrogen-bond acceptors (Lipinski definition) is 3. The quantitative estimate of drug-likeness (QED) is 0.558. The lowest BCUT2D eigenvalue weighted by molar-refractivity contribution is 0.0486. The summed E-state index contributed by atoms with van der Waals surface area (Å²) >= 11 is 0. The molecule has 0 aliphatic heterocycles. The van der Waals surface area contributed by atoms with Gasteiger partial charge < -0.3 is 4.90 Å². The first-order valence-electron chi connectivity index (χ1n) is 6.66. The van der Waals surface area contributed by atoms with Crippen LogP contribution in [0.3, 0.4) is 0 Å². The molecule has 96 valence electrons. The van der Waals surface area contributed by atoms with E-state index in [0.29, 0.717) is 12.0 Å². The molecular weight excluding hydrogens is 198 g/mol. The number of nitrogens with two attached hydrogens (primary N) is 1. The smallest absolute Gasteiger partial charge is 0.0396 e. The minimum atomic E-state index is 0.275. The van der Waals surface area contributed by atoms with Crippen molar-refractivity contribution in [2.45, 2.75) is 64.0 Å². The van der Waals surface area contributed by atoms with Gasteiger partial charge >= 0.3 is 0 Å². The highest BCUT2D eigenvalue weighted by molar-refractivity contribution is 5.00. The Balaban J connectivity index is 2.80. The number of rotatable bonds is 5. The molecule has 1 saturated carbocycles. The normalized spacial score (nSPS) is 22.7. The summed E-state index contributed by atoms with van der Waals surface area (Å²) in [4.78, 5) is 2.40. The van der Waals surface area contributed by atoms with Crippen LogP contribution in [-0.2, 0) is 0 Å². The maximum atomic E-state index is 5.80. The molecule has 1 rings (SSSR count). The van der Waals surface area contributed by atoms with Crippen molar-refractivity contribution in [2.75, 3.05) is 14.1 Å². The van der Waals surface area contributed by atoms with E-state index < -0.39 is 0 Å². The molecule has 0 radical (unpaired) electrons. The molecule has 0 spiro atoms. The Bertz CT molecular complexity index is 195. The van der Waals surface area contributed by atoms with Crippen molar-refractivity contribution in [3.05, 3.63) is 0 Å². The lowest BCUT2D eigenvalue weighted by atomic mass is 9.73. The third-order valence-corrected chi connectivity index (χ3v) is 4.17. The Morgan fingerprint density at radius 2 is 1.75 bits per heavy atom. The Morgan fingerprint density at radius 1 is 1.19 bits per heavy atom. The summed E-state index contributed by atoms with van der Waals surface area (Å²) < 4.78 is 0. The van der Waals surface area contributed by atoms with Crippen LogP contribution in [0.25, 0.3) is 0 Å². The first-order valence-corrected chi connectivity index (χ1v) is 6.66. The fraction of sp³-hybridized carbons (Fsp3) is 1.00. The number of hydrogen-bond donors (Lipinski definition) is 2. The molecule has 1 aliphatic rings. The van der Waals surface area contributed by atoms with E-state index in [1.165, 1.54) is 32.1 Å². The van der Waals surface area contributed by atoms with Crippen molar-refractivity contribution in [1.29, 1.82) is 0 Å². The monoisotopic (exact) mass is 227 g/mol. The molecule has 3 heteroatoms. The van der Waals surface area contributed by atoms with Gasteiger partial charge in [0.05, 0.1) is 0 Å². The van der Waals surface area contributed by atoms with E-state index in [1.54, 1.807) is 0 Å². The van der Waals surface area contributed by atoms with Crippen molar-refractivity contribution in [3.63, 3.8) is 0 Å². The molecule has 1 unspecified atom stereocenters. The van der Waals surface area contributed by atoms with Gasteiger partial charge in [0.15, 0.2) is 0 Å². The lowest BCUT2D eigenvalue weighted by Crippen LogP contribution is -2.61. The predicted octanol–water partition coefficient (Wildman–Crippen LogP) is 2.13. The molecule has 0 aromatic rings. The van der Waals surface area contributed by atoms with E-state index in [9.17, 15) is 0 Å². The van der Waals surface area contributed by atoms with Gasteiger partial charge in [-0.15, -0.1) is 0 Å². The van der Waals surface area contributed by atoms with Gasteiger partial charge in [-0.05, 0) is 39.3 Å². The van der Waals surface area contributed by atoms with Crippen LogP contribution in [0, 0.1) is 5.92 Å². The summed E-state index contributed by atoms with van der Waals surface area (Å²) in [6, 6.07) is 0.419. The van der Waals surface area contributed by atoms with Gasteiger partial charge in [0, 0.05) is 11.6 Å². The van der Waals surface area contributed by atoms with Crippen molar-refractivity contribution < 1.29 is 0 Å². The van der Waals surface area contributed by atoms with Gasteiger partial charge in [-0.2, -0.15) is 0 Å². The SMILES string of the molecule is CC(C)CC(NN)C1(N(C)C)CCCCC1. The highest BCUT2D eigenvalue weighted by atomic mass is 15.3. The molecule has 0 saturated heterocycles. The molecule has 1 aliphatic carbocycles. The Kier molecular flexibility index (Phi) is 5.22. The van der Waals surface area contributed by atoms with Crippen molar-refractivity contribution in [1.82, 2.24) is 10.3 Å². The molecule has 1 fully saturated rings. The Morgan fingerprint density at radius 3 is 2.12 bits per heavy atom. The minimum Gasteiger partial charge on any atom is -0.302 e. The van der Waals surface area contributed by atoms with E-state index in [1.807, 2.05) is 0 Å². The summed E-state index contributed by atoms with van der Waals surface area (Å²) in [7, 11) is 4.41. The number of likely N-dealkylation sites (N-methyl/N-ethyl adjacent to an activating group) is 1. The third-order valence-electron chi connectivity index (χ3n) is 4.17. The molecule has 16 heavy (non-hydrogen) atoms. The van der Waals surface area contributed by atoms with Crippen LogP contribution in [0.1, 0.15) is 52.4 Å². The molecule has 1 atom stereocenters. The van der Waals surface area contributed by atoms with Crippen molar-refractivity contribution >= 4 is 0 Å². The fourth-order valence-electron chi connectivity index (χ4n) is 3.19. The number of hydrazine groups is 1. The molecule has 0 bridgehead atoms. The van der Waals surface area contributed by atoms with Gasteiger partial charge in [0.25, 0.3) is 0 Å². The van der Waals surface area contributed by atoms with Crippen molar-refractivity contribution in [3.8, 4) is 0 Å². The maximum absolute atomic E-state index is 5.80. The van der Waals surface area contributed by atoms with Crippen LogP contribution in [0.4, 0.5) is 0 Å². The number of nitrogens with zero attached hydrogens (tertiary/aromatic N) is 1. The van der Waals surface area contributed by atoms with Crippen LogP contribution in [0.2, 0.25) is 0 Å². The zero-order valence-electron chi connectivity index (χ0n) is 11.4. The second-order valence-electron chi connectivity index (χ2n) is 5.91. The average Bonchev–Trinajstić information content (AvgIpc) is 2.26. The van der Waals surface area contributed by atoms with E-state index in [2.05, 4.69) is 38.3 Å². The summed E-state index contributed by atoms with van der Waals surface area (Å²) in [5.74, 6) is 6.49. The summed E-state index contributed by atoms with van der Waals surface area (Å²) in [5.41, 5.74) is 3.36. The second-order valence-corrected chi connectivity index (χ2v) is 5.91. The fourth-order valence-corrected chi connectivity index (χ4v) is 3.19. The van der Waals surface area contributed by atoms with Gasteiger partial charge in [-0.1, -0.05) is 33.1 Å². The first kappa shape index (κ1) is 13.9. The summed E-state index contributed by atoms with van der Waals surface area (Å²) in [6.45, 7) is 4.55. The van der Waals surface area contributed by atoms with Crippen LogP contribution in [-0.4, -0.2) is 30.6 Å². The maximum Gasteiger partial charge on any atom is 0.0396 e. The largest absolute Gasteiger partial charge is 0.302 e. The lowest BCUT2D eigenvalue weighted by Gasteiger charge is -2.48. The third kappa shape index (κ3) is 2.96. The topological polar surface area (TPSA) is 41.3 Å². The molecule has 0 amide bonds. The van der Waals surface area contributed by atoms with Gasteiger partial charge in [0.1, 0.15) is 0 Å². The van der Waals surface area contributed by atoms with Crippen LogP contribution in [0.5, 0.6) is 0 Å². The Labute approximate surface area is 101 Å². The van der Waals surface area contributed by atoms with Crippen LogP contribution in [0.15, 0.2) is 0 Å². The molecule has 3 N–H and O–H groups in total. The zero-order valence-corrected chi connectivity index (χ0v) is 11.4. The Hall–Kier alpha value is -0.120. The summed E-state index contributed by atoms with van der Waals surface area (Å²) in [6.07, 6.45) is 7.79. The van der Waals surface area contributed by atoms with Gasteiger partial charge in [0.2, 0.25) is 0 Å². The van der Waals surface area contributed by atoms with Crippen LogP contribution < -0.4 is 11.3 Å². The first-order chi connectivity index (χ1) is 7.53. The second kappa shape index (κ2) is 5.99. The standard InChI is InChI=1S/C13H29N3/c1-11(2)10-12(15-14)13(16(3)4)8-6-5-7-9-13/h11-12,15H,5-10,14H2,1-4H3. The molecule has 3 nitrogen and oxygen atoms in total. The highest BCUT2D eigenvalue weighted by Crippen LogP contribution is 2.36. The molecular formula is C13H29N3. The van der Waals surface area contributed by atoms with E-state index >= 15 is 0 Å². The predicted molar refractivity (Wildman–Crippen MR) is 70.1 cm³/mol. The minimum absolute atomic E-state index is 0.275. The van der Waals surface area contributed by atoms with E-state index in [4.69, 9.17) is 5.84 Å². The molecule has 0 aromatic heterocycles. The molecule has 0 aromatic carbocycles. The van der Waals surface area contributed by atoms with Crippen LogP contribution >= 0.6 is 0 Å². The zero-order chi connectivity index (χ0) is 12.2. The molecule has 0 heterocycles. The van der Waals surface area contributed by atoms with E-state index in [0.717, 1.165) is 6.42 Å². The van der Waals surface area contributed by atoms with Gasteiger partial charge in [-0.3, -0.25) is 11.3 Å². The number of nitrogens with one attached hydrogen (secondary N) is 1.